The fourth-order valence-electron chi connectivity index (χ4n) is 4.51. The first-order valence-electron chi connectivity index (χ1n) is 11.5. The fourth-order valence-corrected chi connectivity index (χ4v) is 4.51. The van der Waals surface area contributed by atoms with Crippen molar-refractivity contribution in [3.8, 4) is 22.3 Å². The minimum absolute atomic E-state index is 1.29. The van der Waals surface area contributed by atoms with Crippen molar-refractivity contribution in [2.24, 2.45) is 0 Å². The van der Waals surface area contributed by atoms with E-state index in [1.165, 1.54) is 79.2 Å². The van der Waals surface area contributed by atoms with Crippen LogP contribution in [0.25, 0.3) is 43.8 Å². The van der Waals surface area contributed by atoms with Crippen LogP contribution in [-0.2, 0) is 24.2 Å². The molecule has 6 aromatic carbocycles. The van der Waals surface area contributed by atoms with Crippen LogP contribution >= 0.6 is 0 Å². The van der Waals surface area contributed by atoms with Gasteiger partial charge < -0.3 is 0 Å². The number of aryl methyl sites for hydroxylation is 2. The molecule has 34 heavy (non-hydrogen) atoms. The van der Waals surface area contributed by atoms with Crippen LogP contribution in [0.3, 0.4) is 0 Å². The number of fused-ring (bicyclic) bond motifs is 2. The topological polar surface area (TPSA) is 0 Å². The van der Waals surface area contributed by atoms with E-state index < -0.39 is 0 Å². The minimum atomic E-state index is 1.29. The van der Waals surface area contributed by atoms with Crippen LogP contribution in [0, 0.1) is 13.8 Å². The van der Waals surface area contributed by atoms with E-state index in [-0.39, 0.29) is 0 Å². The quantitative estimate of drug-likeness (QED) is 0.202. The predicted octanol–water partition coefficient (Wildman–Crippen LogP) is 9.03. The third kappa shape index (κ3) is 5.32. The van der Waals surface area contributed by atoms with Crippen molar-refractivity contribution in [1.82, 2.24) is 0 Å². The fraction of sp³-hybridized carbons (Fsp3) is 0.0606. The van der Waals surface area contributed by atoms with Gasteiger partial charge in [0.15, 0.2) is 0 Å². The Hall–Kier alpha value is -3.15. The molecular formula is C33H28Zr. The van der Waals surface area contributed by atoms with Gasteiger partial charge in [-0.2, -0.15) is 12.1 Å². The van der Waals surface area contributed by atoms with E-state index in [9.17, 15) is 0 Å². The van der Waals surface area contributed by atoms with Crippen LogP contribution in [0.1, 0.15) is 11.1 Å². The van der Waals surface area contributed by atoms with Gasteiger partial charge >= 0.3 is 28.4 Å². The van der Waals surface area contributed by atoms with Gasteiger partial charge in [0.25, 0.3) is 0 Å². The van der Waals surface area contributed by atoms with Crippen LogP contribution in [-0.4, -0.2) is 4.21 Å². The summed E-state index contributed by atoms with van der Waals surface area (Å²) in [5.41, 5.74) is 7.89. The van der Waals surface area contributed by atoms with Crippen molar-refractivity contribution in [2.75, 3.05) is 0 Å². The molecule has 6 rings (SSSR count). The first kappa shape index (κ1) is 24.0. The van der Waals surface area contributed by atoms with Crippen molar-refractivity contribution in [3.05, 3.63) is 132 Å². The summed E-state index contributed by atoms with van der Waals surface area (Å²) >= 11 is 1.30. The molecule has 0 spiro atoms. The van der Waals surface area contributed by atoms with E-state index in [1.54, 1.807) is 0 Å². The molecule has 0 bridgehead atoms. The van der Waals surface area contributed by atoms with Crippen LogP contribution in [0.2, 0.25) is 0 Å². The van der Waals surface area contributed by atoms with Gasteiger partial charge in [-0.3, -0.25) is 0 Å². The molecule has 0 fully saturated rings. The van der Waals surface area contributed by atoms with Crippen LogP contribution in [0.15, 0.2) is 121 Å². The summed E-state index contributed by atoms with van der Waals surface area (Å²) in [4.78, 5) is 0. The molecule has 1 heteroatoms. The Morgan fingerprint density at radius 3 is 1.26 bits per heavy atom. The maximum absolute atomic E-state index is 3.34. The van der Waals surface area contributed by atoms with Crippen molar-refractivity contribution in [2.45, 2.75) is 13.8 Å². The van der Waals surface area contributed by atoms with E-state index >= 15 is 0 Å². The zero-order valence-electron chi connectivity index (χ0n) is 19.8. The van der Waals surface area contributed by atoms with E-state index in [0.29, 0.717) is 0 Å². The molecular weight excluding hydrogens is 488 g/mol. The second kappa shape index (κ2) is 11.3. The average Bonchev–Trinajstić information content (AvgIpc) is 3.47. The normalized spacial score (nSPS) is 10.4. The van der Waals surface area contributed by atoms with Gasteiger partial charge in [-0.05, 0) is 11.1 Å². The molecule has 0 aliphatic heterocycles. The average molecular weight is 516 g/mol. The van der Waals surface area contributed by atoms with Gasteiger partial charge in [0, 0.05) is 0 Å². The van der Waals surface area contributed by atoms with Gasteiger partial charge in [-0.15, -0.1) is 69.1 Å². The van der Waals surface area contributed by atoms with Gasteiger partial charge in [0.1, 0.15) is 0 Å². The van der Waals surface area contributed by atoms with Crippen LogP contribution < -0.4 is 0 Å². The van der Waals surface area contributed by atoms with Crippen LogP contribution in [0.5, 0.6) is 0 Å². The first-order valence-corrected chi connectivity index (χ1v) is 13.2. The maximum atomic E-state index is 3.34. The summed E-state index contributed by atoms with van der Waals surface area (Å²) in [6.07, 6.45) is 0. The Morgan fingerprint density at radius 2 is 0.882 bits per heavy atom. The molecule has 0 nitrogen and oxygen atoms in total. The summed E-state index contributed by atoms with van der Waals surface area (Å²) in [7, 11) is 0. The Morgan fingerprint density at radius 1 is 0.500 bits per heavy atom. The standard InChI is InChI=1S/2C16H13.CH2.Zr/c2*1-12-10-14-8-5-9-15(16(14)11-12)13-6-3-2-4-7-13;;/h2*2-11H,1H3;1H2;/q2*-1;;+2. The summed E-state index contributed by atoms with van der Waals surface area (Å²) in [6, 6.07) is 43.1. The van der Waals surface area contributed by atoms with Crippen molar-refractivity contribution >= 4 is 25.8 Å². The Kier molecular flexibility index (Phi) is 7.99. The number of rotatable bonds is 2. The molecule has 0 aromatic heterocycles. The monoisotopic (exact) mass is 514 g/mol. The molecule has 0 saturated heterocycles. The van der Waals surface area contributed by atoms with Crippen LogP contribution in [0.4, 0.5) is 0 Å². The molecule has 0 unspecified atom stereocenters. The molecule has 164 valence electrons. The van der Waals surface area contributed by atoms with Gasteiger partial charge in [0.05, 0.1) is 0 Å². The third-order valence-electron chi connectivity index (χ3n) is 5.96. The summed E-state index contributed by atoms with van der Waals surface area (Å²) in [5, 5.41) is 5.37. The predicted molar refractivity (Wildman–Crippen MR) is 147 cm³/mol. The zero-order chi connectivity index (χ0) is 23.9. The number of hydrogen-bond acceptors (Lipinski definition) is 0. The summed E-state index contributed by atoms with van der Waals surface area (Å²) in [5.74, 6) is 0. The molecule has 0 aliphatic rings. The van der Waals surface area contributed by atoms with Crippen molar-refractivity contribution < 1.29 is 24.2 Å². The van der Waals surface area contributed by atoms with E-state index in [2.05, 4.69) is 139 Å². The summed E-state index contributed by atoms with van der Waals surface area (Å²) in [6.45, 7) is 4.30. The first-order chi connectivity index (χ1) is 16.7. The van der Waals surface area contributed by atoms with Gasteiger partial charge in [-0.1, -0.05) is 97.8 Å². The third-order valence-corrected chi connectivity index (χ3v) is 5.96. The Labute approximate surface area is 217 Å². The molecule has 6 aromatic rings. The van der Waals surface area contributed by atoms with E-state index in [4.69, 9.17) is 0 Å². The number of benzene rings is 4. The SMILES string of the molecule is Cc1cc2c(-c3ccccc3)cccc2[cH-]1.Cc1cc2c(-c3ccccc3)cccc2[cH-]1.[CH2]=[Zr+2]. The summed E-state index contributed by atoms with van der Waals surface area (Å²) < 4.78 is 3.34. The second-order valence-corrected chi connectivity index (χ2v) is 8.41. The van der Waals surface area contributed by atoms with Crippen molar-refractivity contribution in [1.29, 1.82) is 0 Å². The molecule has 0 amide bonds. The number of hydrogen-bond donors (Lipinski definition) is 0. The second-order valence-electron chi connectivity index (χ2n) is 8.41. The Balaban J connectivity index is 0.000000150. The van der Waals surface area contributed by atoms with Gasteiger partial charge in [0.2, 0.25) is 0 Å². The zero-order valence-corrected chi connectivity index (χ0v) is 22.2. The van der Waals surface area contributed by atoms with E-state index in [1.807, 2.05) is 0 Å². The molecule has 0 heterocycles. The molecule has 0 radical (unpaired) electrons. The van der Waals surface area contributed by atoms with Crippen molar-refractivity contribution in [3.63, 3.8) is 0 Å². The molecule has 0 atom stereocenters. The van der Waals surface area contributed by atoms with Gasteiger partial charge in [-0.25, -0.2) is 0 Å². The van der Waals surface area contributed by atoms with E-state index in [0.717, 1.165) is 0 Å². The molecule has 0 saturated carbocycles. The molecule has 0 N–H and O–H groups in total. The Bertz CT molecular complexity index is 1370. The molecule has 0 aliphatic carbocycles.